The molecule has 150 valence electrons. The van der Waals surface area contributed by atoms with E-state index in [0.717, 1.165) is 27.6 Å². The van der Waals surface area contributed by atoms with Crippen LogP contribution in [0.15, 0.2) is 54.7 Å². The van der Waals surface area contributed by atoms with Crippen LogP contribution in [0.4, 0.5) is 4.39 Å². The fourth-order valence-electron chi connectivity index (χ4n) is 3.96. The molecule has 3 aromatic rings. The molecule has 1 aliphatic heterocycles. The molecule has 2 atom stereocenters. The summed E-state index contributed by atoms with van der Waals surface area (Å²) < 4.78 is 20.4. The van der Waals surface area contributed by atoms with Crippen LogP contribution in [0, 0.1) is 6.92 Å². The molecule has 0 bridgehead atoms. The number of carbonyl (C=O) groups is 1. The fourth-order valence-corrected chi connectivity index (χ4v) is 3.96. The Kier molecular flexibility index (Phi) is 5.47. The number of aromatic nitrogens is 1. The van der Waals surface area contributed by atoms with E-state index in [1.807, 2.05) is 36.5 Å². The third-order valence-corrected chi connectivity index (χ3v) is 5.62. The second-order valence-electron chi connectivity index (χ2n) is 7.49. The van der Waals surface area contributed by atoms with Crippen LogP contribution in [0.25, 0.3) is 22.0 Å². The highest BCUT2D eigenvalue weighted by molar-refractivity contribution is 5.88. The van der Waals surface area contributed by atoms with E-state index in [0.29, 0.717) is 25.1 Å². The maximum absolute atomic E-state index is 14.5. The summed E-state index contributed by atoms with van der Waals surface area (Å²) in [6.07, 6.45) is 1.03. The minimum absolute atomic E-state index is 0.00398. The fraction of sp³-hybridized carbons (Fsp3) is 0.333. The Morgan fingerprint density at radius 3 is 2.72 bits per heavy atom. The van der Waals surface area contributed by atoms with Gasteiger partial charge in [-0.05, 0) is 41.8 Å². The molecule has 0 radical (unpaired) electrons. The number of likely N-dealkylation sites (tertiary alicyclic amines) is 1. The summed E-state index contributed by atoms with van der Waals surface area (Å²) >= 11 is 0. The zero-order valence-corrected chi connectivity index (χ0v) is 16.8. The molecule has 29 heavy (non-hydrogen) atoms. The molecule has 0 saturated carbocycles. The van der Waals surface area contributed by atoms with Crippen molar-refractivity contribution in [1.29, 1.82) is 0 Å². The molecule has 1 saturated heterocycles. The van der Waals surface area contributed by atoms with E-state index < -0.39 is 12.3 Å². The lowest BCUT2D eigenvalue weighted by Gasteiger charge is -2.34. The summed E-state index contributed by atoms with van der Waals surface area (Å²) in [6, 6.07) is 15.9. The van der Waals surface area contributed by atoms with Crippen LogP contribution in [-0.4, -0.2) is 41.2 Å². The Morgan fingerprint density at radius 2 is 2.00 bits per heavy atom. The highest BCUT2D eigenvalue weighted by Crippen LogP contribution is 2.30. The van der Waals surface area contributed by atoms with Crippen LogP contribution in [0.1, 0.15) is 25.3 Å². The molecule has 0 spiro atoms. The minimum atomic E-state index is -1.17. The lowest BCUT2D eigenvalue weighted by molar-refractivity contribution is -0.134. The molecule has 0 N–H and O–H groups in total. The van der Waals surface area contributed by atoms with Crippen molar-refractivity contribution in [3.8, 4) is 16.9 Å². The van der Waals surface area contributed by atoms with Crippen molar-refractivity contribution in [1.82, 2.24) is 9.88 Å². The second-order valence-corrected chi connectivity index (χ2v) is 7.49. The van der Waals surface area contributed by atoms with Crippen molar-refractivity contribution in [3.05, 3.63) is 60.3 Å². The van der Waals surface area contributed by atoms with E-state index in [-0.39, 0.29) is 12.5 Å². The van der Waals surface area contributed by atoms with E-state index in [1.54, 1.807) is 11.8 Å². The number of piperidine rings is 1. The third kappa shape index (κ3) is 3.95. The number of alkyl halides is 1. The van der Waals surface area contributed by atoms with Gasteiger partial charge in [0.2, 0.25) is 5.91 Å². The molecule has 0 unspecified atom stereocenters. The van der Waals surface area contributed by atoms with E-state index in [2.05, 4.69) is 30.1 Å². The van der Waals surface area contributed by atoms with Crippen molar-refractivity contribution >= 4 is 16.8 Å². The van der Waals surface area contributed by atoms with Gasteiger partial charge >= 0.3 is 0 Å². The summed E-state index contributed by atoms with van der Waals surface area (Å²) in [7, 11) is 0. The Bertz CT molecular complexity index is 1020. The largest absolute Gasteiger partial charge is 0.487 e. The molecule has 0 aliphatic carbocycles. The van der Waals surface area contributed by atoms with Gasteiger partial charge in [0.15, 0.2) is 6.17 Å². The number of amides is 1. The zero-order valence-electron chi connectivity index (χ0n) is 16.8. The van der Waals surface area contributed by atoms with Crippen molar-refractivity contribution in [2.24, 2.45) is 0 Å². The number of aryl methyl sites for hydroxylation is 1. The van der Waals surface area contributed by atoms with Crippen molar-refractivity contribution in [2.75, 3.05) is 13.1 Å². The lowest BCUT2D eigenvalue weighted by atomic mass is 9.98. The standard InChI is InChI=1S/C24H25FN2O2/c1-3-23(28)27-14-12-22(21(25)15-27)29-19-9-6-17(7-10-19)20-11-8-18-5-4-13-26-24(18)16(20)2/h4-11,13,21-22H,3,12,14-15H2,1-2H3/t21-,22+/m1/s1. The number of halogens is 1. The highest BCUT2D eigenvalue weighted by atomic mass is 19.1. The molecular weight excluding hydrogens is 367 g/mol. The molecular formula is C24H25FN2O2. The average Bonchev–Trinajstić information content (AvgIpc) is 2.76. The predicted molar refractivity (Wildman–Crippen MR) is 113 cm³/mol. The quantitative estimate of drug-likeness (QED) is 0.632. The van der Waals surface area contributed by atoms with Crippen LogP contribution in [0.2, 0.25) is 0 Å². The number of benzene rings is 2. The van der Waals surface area contributed by atoms with Gasteiger partial charge in [0.05, 0.1) is 12.1 Å². The number of pyridine rings is 1. The number of rotatable bonds is 4. The molecule has 4 rings (SSSR count). The first-order chi connectivity index (χ1) is 14.1. The predicted octanol–water partition coefficient (Wildman–Crippen LogP) is 4.94. The van der Waals surface area contributed by atoms with Gasteiger partial charge in [-0.3, -0.25) is 9.78 Å². The van der Waals surface area contributed by atoms with E-state index in [4.69, 9.17) is 4.74 Å². The third-order valence-electron chi connectivity index (χ3n) is 5.62. The molecule has 4 nitrogen and oxygen atoms in total. The van der Waals surface area contributed by atoms with Crippen LogP contribution < -0.4 is 4.74 Å². The normalized spacial score (nSPS) is 19.3. The minimum Gasteiger partial charge on any atom is -0.487 e. The number of hydrogen-bond donors (Lipinski definition) is 0. The molecule has 1 aliphatic rings. The van der Waals surface area contributed by atoms with E-state index >= 15 is 0 Å². The first-order valence-electron chi connectivity index (χ1n) is 10.1. The highest BCUT2D eigenvalue weighted by Gasteiger charge is 2.32. The summed E-state index contributed by atoms with van der Waals surface area (Å²) in [5, 5.41) is 1.12. The van der Waals surface area contributed by atoms with Gasteiger partial charge in [0.25, 0.3) is 0 Å². The van der Waals surface area contributed by atoms with E-state index in [1.165, 1.54) is 0 Å². The maximum atomic E-state index is 14.5. The molecule has 1 fully saturated rings. The first-order valence-corrected chi connectivity index (χ1v) is 10.1. The average molecular weight is 392 g/mol. The lowest BCUT2D eigenvalue weighted by Crippen LogP contribution is -2.49. The second kappa shape index (κ2) is 8.19. The van der Waals surface area contributed by atoms with Crippen LogP contribution >= 0.6 is 0 Å². The van der Waals surface area contributed by atoms with Crippen molar-refractivity contribution < 1.29 is 13.9 Å². The molecule has 5 heteroatoms. The summed E-state index contributed by atoms with van der Waals surface area (Å²) in [6.45, 7) is 4.53. The Morgan fingerprint density at radius 1 is 1.21 bits per heavy atom. The van der Waals surface area contributed by atoms with Gasteiger partial charge < -0.3 is 9.64 Å². The summed E-state index contributed by atoms with van der Waals surface area (Å²) in [5.74, 6) is 0.643. The smallest absolute Gasteiger partial charge is 0.222 e. The monoisotopic (exact) mass is 392 g/mol. The molecule has 1 aromatic heterocycles. The van der Waals surface area contributed by atoms with Gasteiger partial charge in [0.1, 0.15) is 11.9 Å². The van der Waals surface area contributed by atoms with Crippen LogP contribution in [0.5, 0.6) is 5.75 Å². The Balaban J connectivity index is 1.48. The number of ether oxygens (including phenoxy) is 1. The zero-order chi connectivity index (χ0) is 20.4. The van der Waals surface area contributed by atoms with Crippen LogP contribution in [-0.2, 0) is 4.79 Å². The van der Waals surface area contributed by atoms with Gasteiger partial charge in [0, 0.05) is 31.0 Å². The molecule has 2 aromatic carbocycles. The number of fused-ring (bicyclic) bond motifs is 1. The van der Waals surface area contributed by atoms with Gasteiger partial charge in [-0.15, -0.1) is 0 Å². The SMILES string of the molecule is CCC(=O)N1CC[C@H](Oc2ccc(-c3ccc4cccnc4c3C)cc2)[C@H](F)C1. The topological polar surface area (TPSA) is 42.4 Å². The Hall–Kier alpha value is -2.95. The van der Waals surface area contributed by atoms with Crippen molar-refractivity contribution in [3.63, 3.8) is 0 Å². The number of nitrogens with zero attached hydrogens (tertiary/aromatic N) is 2. The first kappa shape index (κ1) is 19.4. The van der Waals surface area contributed by atoms with Crippen molar-refractivity contribution in [2.45, 2.75) is 39.0 Å². The summed E-state index contributed by atoms with van der Waals surface area (Å²) in [5.41, 5.74) is 4.33. The summed E-state index contributed by atoms with van der Waals surface area (Å²) in [4.78, 5) is 17.9. The van der Waals surface area contributed by atoms with Gasteiger partial charge in [-0.1, -0.05) is 37.3 Å². The van der Waals surface area contributed by atoms with Crippen LogP contribution in [0.3, 0.4) is 0 Å². The Labute approximate surface area is 170 Å². The van der Waals surface area contributed by atoms with E-state index in [9.17, 15) is 9.18 Å². The van der Waals surface area contributed by atoms with Gasteiger partial charge in [-0.25, -0.2) is 4.39 Å². The maximum Gasteiger partial charge on any atom is 0.222 e. The molecule has 2 heterocycles. The molecule has 1 amide bonds. The number of hydrogen-bond acceptors (Lipinski definition) is 3. The number of carbonyl (C=O) groups excluding carboxylic acids is 1. The van der Waals surface area contributed by atoms with Gasteiger partial charge in [-0.2, -0.15) is 0 Å².